The maximum Gasteiger partial charge on any atom is 0.269 e. The number of aromatic nitrogens is 5. The standard InChI is InChI=1S/C65H49N5O/c1-43(2)44(3)47-36-37-66-63(38-47)70-58-33-15-12-28-55(58)64-61(69-56-31-13-10-26-53(56)54-27-11-14-32-57(54)69)40-50(41-62(64)70)71-49-25-18-24-48(39-49)67-42-68(60-35-17-16-34-59(60)67)65-51(45-20-6-4-7-21-45)29-19-30-52(65)46-22-8-5-9-23-46/h4-41,43-44H,1-3H3. The third-order valence-electron chi connectivity index (χ3n) is 14.4. The maximum absolute atomic E-state index is 7.17. The van der Waals surface area contributed by atoms with Crippen LogP contribution in [0.3, 0.4) is 0 Å². The highest BCUT2D eigenvalue weighted by Crippen LogP contribution is 2.43. The van der Waals surface area contributed by atoms with Gasteiger partial charge in [0.1, 0.15) is 17.3 Å². The zero-order chi connectivity index (χ0) is 47.6. The van der Waals surface area contributed by atoms with E-state index in [2.05, 4.69) is 264 Å². The topological polar surface area (TPSA) is 40.8 Å². The predicted octanol–water partition coefficient (Wildman–Crippen LogP) is 16.2. The number of para-hydroxylation sites is 6. The number of hydrogen-bond donors (Lipinski definition) is 0. The fraction of sp³-hybridized carbons (Fsp3) is 0.0769. The highest BCUT2D eigenvalue weighted by atomic mass is 16.5. The Morgan fingerprint density at radius 3 is 1.72 bits per heavy atom. The zero-order valence-corrected chi connectivity index (χ0v) is 39.7. The second-order valence-electron chi connectivity index (χ2n) is 18.8. The summed E-state index contributed by atoms with van der Waals surface area (Å²) < 4.78 is 16.3. The van der Waals surface area contributed by atoms with E-state index in [1.54, 1.807) is 0 Å². The summed E-state index contributed by atoms with van der Waals surface area (Å²) in [5, 5.41) is 4.67. The van der Waals surface area contributed by atoms with Crippen LogP contribution in [0.1, 0.15) is 32.3 Å². The van der Waals surface area contributed by atoms with Crippen LogP contribution in [0.2, 0.25) is 0 Å². The third-order valence-corrected chi connectivity index (χ3v) is 14.4. The van der Waals surface area contributed by atoms with E-state index in [1.165, 1.54) is 16.3 Å². The van der Waals surface area contributed by atoms with E-state index in [0.717, 1.165) is 89.0 Å². The lowest BCUT2D eigenvalue weighted by molar-refractivity contribution is -0.571. The summed E-state index contributed by atoms with van der Waals surface area (Å²) in [7, 11) is 0. The van der Waals surface area contributed by atoms with E-state index in [0.29, 0.717) is 23.3 Å². The molecule has 13 aromatic rings. The molecule has 0 amide bonds. The van der Waals surface area contributed by atoms with Gasteiger partial charge >= 0.3 is 0 Å². The number of imidazole rings is 1. The minimum atomic E-state index is 0.359. The molecule has 0 saturated heterocycles. The van der Waals surface area contributed by atoms with Gasteiger partial charge in [0.2, 0.25) is 0 Å². The molecule has 0 aliphatic carbocycles. The van der Waals surface area contributed by atoms with Crippen molar-refractivity contribution >= 4 is 54.6 Å². The molecule has 0 fully saturated rings. The summed E-state index contributed by atoms with van der Waals surface area (Å²) in [5.41, 5.74) is 15.2. The van der Waals surface area contributed by atoms with Crippen LogP contribution in [0, 0.1) is 12.2 Å². The summed E-state index contributed by atoms with van der Waals surface area (Å²) in [4.78, 5) is 5.08. The van der Waals surface area contributed by atoms with Gasteiger partial charge in [0, 0.05) is 39.9 Å². The first kappa shape index (κ1) is 42.1. The Balaban J connectivity index is 1.01. The molecule has 0 aliphatic rings. The molecule has 4 aromatic heterocycles. The van der Waals surface area contributed by atoms with Crippen LogP contribution in [0.25, 0.3) is 99.8 Å². The number of pyridine rings is 1. The van der Waals surface area contributed by atoms with Crippen molar-refractivity contribution in [3.63, 3.8) is 0 Å². The molecule has 4 heterocycles. The monoisotopic (exact) mass is 915 g/mol. The van der Waals surface area contributed by atoms with Gasteiger partial charge in [0.05, 0.1) is 50.2 Å². The van der Waals surface area contributed by atoms with Gasteiger partial charge in [-0.25, -0.2) is 4.98 Å². The van der Waals surface area contributed by atoms with Gasteiger partial charge in [-0.05, 0) is 88.2 Å². The highest BCUT2D eigenvalue weighted by Gasteiger charge is 2.24. The maximum atomic E-state index is 7.17. The first-order valence-electron chi connectivity index (χ1n) is 24.5. The molecular formula is C65H49N5O. The second-order valence-corrected chi connectivity index (χ2v) is 18.8. The van der Waals surface area contributed by atoms with Crippen LogP contribution < -0.4 is 9.30 Å². The first-order valence-corrected chi connectivity index (χ1v) is 24.5. The fourth-order valence-corrected chi connectivity index (χ4v) is 10.7. The quantitative estimate of drug-likeness (QED) is 0.101. The second kappa shape index (κ2) is 17.2. The van der Waals surface area contributed by atoms with Gasteiger partial charge in [0.25, 0.3) is 6.33 Å². The van der Waals surface area contributed by atoms with Crippen LogP contribution in [-0.2, 0) is 0 Å². The van der Waals surface area contributed by atoms with Crippen molar-refractivity contribution in [2.24, 2.45) is 5.92 Å². The Hall–Kier alpha value is -9.00. The van der Waals surface area contributed by atoms with E-state index < -0.39 is 0 Å². The third kappa shape index (κ3) is 7.09. The number of hydrogen-bond acceptors (Lipinski definition) is 2. The minimum Gasteiger partial charge on any atom is -0.458 e. The largest absolute Gasteiger partial charge is 0.458 e. The molecule has 9 aromatic carbocycles. The molecule has 6 heteroatoms. The van der Waals surface area contributed by atoms with E-state index in [9.17, 15) is 0 Å². The SMILES string of the molecule is CC(C)C(C)c1ccnc(-n2c3ccccc3c3c(-n4c5ccccc5c5ccccc54)cc(Oc4cccc(-n5[c-][n+](-c6c(-c7ccccc7)cccc6-c6ccccc6)c6ccccc65)c4)cc32)c1. The number of ether oxygens (including phenoxy) is 1. The van der Waals surface area contributed by atoms with Crippen LogP contribution in [0.5, 0.6) is 11.5 Å². The van der Waals surface area contributed by atoms with Gasteiger partial charge in [-0.15, -0.1) is 0 Å². The Kier molecular flexibility index (Phi) is 10.2. The summed E-state index contributed by atoms with van der Waals surface area (Å²) in [6.45, 7) is 6.86. The van der Waals surface area contributed by atoms with Crippen molar-refractivity contribution in [2.45, 2.75) is 26.7 Å². The average molecular weight is 916 g/mol. The molecule has 0 aliphatic heterocycles. The van der Waals surface area contributed by atoms with Crippen molar-refractivity contribution < 1.29 is 9.30 Å². The Morgan fingerprint density at radius 2 is 1.06 bits per heavy atom. The van der Waals surface area contributed by atoms with E-state index >= 15 is 0 Å². The summed E-state index contributed by atoms with van der Waals surface area (Å²) >= 11 is 0. The van der Waals surface area contributed by atoms with Crippen molar-refractivity contribution in [3.8, 4) is 56.6 Å². The lowest BCUT2D eigenvalue weighted by Crippen LogP contribution is -2.31. The van der Waals surface area contributed by atoms with Crippen molar-refractivity contribution in [1.29, 1.82) is 0 Å². The molecule has 6 nitrogen and oxygen atoms in total. The van der Waals surface area contributed by atoms with Gasteiger partial charge in [-0.1, -0.05) is 185 Å². The Bertz CT molecular complexity index is 4030. The molecule has 340 valence electrons. The van der Waals surface area contributed by atoms with E-state index in [1.807, 2.05) is 12.3 Å². The van der Waals surface area contributed by atoms with Crippen molar-refractivity contribution in [2.75, 3.05) is 0 Å². The van der Waals surface area contributed by atoms with Crippen molar-refractivity contribution in [1.82, 2.24) is 18.7 Å². The zero-order valence-electron chi connectivity index (χ0n) is 39.7. The number of benzene rings is 9. The summed E-state index contributed by atoms with van der Waals surface area (Å²) in [5.74, 6) is 3.13. The molecule has 0 bridgehead atoms. The van der Waals surface area contributed by atoms with Crippen LogP contribution >= 0.6 is 0 Å². The summed E-state index contributed by atoms with van der Waals surface area (Å²) in [6, 6.07) is 79.6. The molecule has 1 atom stereocenters. The van der Waals surface area contributed by atoms with Crippen LogP contribution in [0.4, 0.5) is 0 Å². The van der Waals surface area contributed by atoms with E-state index in [4.69, 9.17) is 9.72 Å². The molecule has 71 heavy (non-hydrogen) atoms. The van der Waals surface area contributed by atoms with Gasteiger partial charge in [-0.3, -0.25) is 13.7 Å². The highest BCUT2D eigenvalue weighted by molar-refractivity contribution is 6.16. The molecule has 0 N–H and O–H groups in total. The molecule has 0 saturated carbocycles. The Morgan fingerprint density at radius 1 is 0.479 bits per heavy atom. The molecule has 0 radical (unpaired) electrons. The Labute approximate surface area is 412 Å². The predicted molar refractivity (Wildman–Crippen MR) is 291 cm³/mol. The summed E-state index contributed by atoms with van der Waals surface area (Å²) in [6.07, 6.45) is 5.80. The normalized spacial score (nSPS) is 12.2. The lowest BCUT2D eigenvalue weighted by Gasteiger charge is -2.18. The van der Waals surface area contributed by atoms with Crippen LogP contribution in [-0.4, -0.2) is 18.7 Å². The van der Waals surface area contributed by atoms with Gasteiger partial charge in [-0.2, -0.15) is 0 Å². The van der Waals surface area contributed by atoms with Gasteiger partial charge < -0.3 is 9.30 Å². The minimum absolute atomic E-state index is 0.359. The smallest absolute Gasteiger partial charge is 0.269 e. The van der Waals surface area contributed by atoms with Gasteiger partial charge in [0.15, 0.2) is 0 Å². The molecule has 0 spiro atoms. The van der Waals surface area contributed by atoms with E-state index in [-0.39, 0.29) is 0 Å². The lowest BCUT2D eigenvalue weighted by atomic mass is 9.91. The molecule has 13 rings (SSSR count). The molecule has 1 unspecified atom stereocenters. The van der Waals surface area contributed by atoms with Crippen molar-refractivity contribution in [3.05, 3.63) is 243 Å². The number of fused-ring (bicyclic) bond motifs is 7. The fourth-order valence-electron chi connectivity index (χ4n) is 10.7. The van der Waals surface area contributed by atoms with Crippen LogP contribution in [0.15, 0.2) is 231 Å². The average Bonchev–Trinajstić information content (AvgIpc) is 4.09. The first-order chi connectivity index (χ1) is 35.0. The molecular weight excluding hydrogens is 867 g/mol. The number of rotatable bonds is 10. The number of nitrogens with zero attached hydrogens (tertiary/aromatic N) is 5.